The molecule has 1 saturated carbocycles. The van der Waals surface area contributed by atoms with Crippen molar-refractivity contribution in [3.63, 3.8) is 0 Å². The van der Waals surface area contributed by atoms with E-state index in [9.17, 15) is 13.6 Å². The number of nitrogens with one attached hydrogen (secondary N) is 2. The van der Waals surface area contributed by atoms with Gasteiger partial charge >= 0.3 is 0 Å². The van der Waals surface area contributed by atoms with Crippen LogP contribution in [0.3, 0.4) is 0 Å². The van der Waals surface area contributed by atoms with Crippen molar-refractivity contribution in [2.75, 3.05) is 13.1 Å². The van der Waals surface area contributed by atoms with Crippen LogP contribution < -0.4 is 10.6 Å². The molecule has 6 nitrogen and oxygen atoms in total. The fourth-order valence-corrected chi connectivity index (χ4v) is 4.71. The van der Waals surface area contributed by atoms with E-state index in [1.165, 1.54) is 12.3 Å². The number of pyridine rings is 1. The number of fused-ring (bicyclic) bond motifs is 1. The van der Waals surface area contributed by atoms with E-state index in [4.69, 9.17) is 0 Å². The summed E-state index contributed by atoms with van der Waals surface area (Å²) in [5.41, 5.74) is 0.448. The fourth-order valence-electron chi connectivity index (χ4n) is 4.71. The Bertz CT molecular complexity index is 836. The molecule has 1 spiro atoms. The highest BCUT2D eigenvalue weighted by molar-refractivity contribution is 5.98. The van der Waals surface area contributed by atoms with Crippen molar-refractivity contribution in [1.29, 1.82) is 0 Å². The highest BCUT2D eigenvalue weighted by Crippen LogP contribution is 2.41. The van der Waals surface area contributed by atoms with Crippen molar-refractivity contribution in [2.45, 2.75) is 51.0 Å². The van der Waals surface area contributed by atoms with Gasteiger partial charge in [-0.1, -0.05) is 12.8 Å². The Balaban J connectivity index is 1.65. The minimum Gasteiger partial charge on any atom is -0.349 e. The van der Waals surface area contributed by atoms with Crippen molar-refractivity contribution in [1.82, 2.24) is 25.4 Å². The Morgan fingerprint density at radius 3 is 2.93 bits per heavy atom. The summed E-state index contributed by atoms with van der Waals surface area (Å²) in [4.78, 5) is 17.0. The molecule has 0 aromatic carbocycles. The Hall–Kier alpha value is -2.09. The maximum absolute atomic E-state index is 13.6. The average molecular weight is 377 g/mol. The van der Waals surface area contributed by atoms with Crippen molar-refractivity contribution < 1.29 is 13.6 Å². The number of hydrogen-bond acceptors (Lipinski definition) is 4. The number of carbonyl (C=O) groups is 1. The Morgan fingerprint density at radius 2 is 2.19 bits per heavy atom. The molecule has 2 N–H and O–H groups in total. The molecule has 1 amide bonds. The minimum atomic E-state index is -2.81. The molecule has 1 aliphatic carbocycles. The number of aromatic nitrogens is 3. The van der Waals surface area contributed by atoms with Crippen LogP contribution in [0.2, 0.25) is 0 Å². The third-order valence-electron chi connectivity index (χ3n) is 6.18. The van der Waals surface area contributed by atoms with Gasteiger partial charge in [-0.25, -0.2) is 13.8 Å². The first-order chi connectivity index (χ1) is 13.0. The highest BCUT2D eigenvalue weighted by atomic mass is 19.3. The third-order valence-corrected chi connectivity index (χ3v) is 6.18. The molecule has 27 heavy (non-hydrogen) atoms. The molecular formula is C19H25F2N5O. The lowest BCUT2D eigenvalue weighted by molar-refractivity contribution is 0.0680. The molecular weight excluding hydrogens is 352 g/mol. The summed E-state index contributed by atoms with van der Waals surface area (Å²) in [5, 5.41) is 10.6. The van der Waals surface area contributed by atoms with Gasteiger partial charge in [-0.2, -0.15) is 5.10 Å². The van der Waals surface area contributed by atoms with Crippen LogP contribution in [0.5, 0.6) is 0 Å². The SMILES string of the molecule is Cn1ncc2nc(C(F)F)c(C(=O)NC3CCCCC34CCCNC4)cc21. The number of alkyl halides is 2. The van der Waals surface area contributed by atoms with Gasteiger partial charge in [0.15, 0.2) is 0 Å². The molecule has 4 rings (SSSR count). The van der Waals surface area contributed by atoms with Crippen LogP contribution in [-0.4, -0.2) is 39.8 Å². The predicted molar refractivity (Wildman–Crippen MR) is 97.7 cm³/mol. The van der Waals surface area contributed by atoms with E-state index >= 15 is 0 Å². The Morgan fingerprint density at radius 1 is 1.37 bits per heavy atom. The molecule has 1 saturated heterocycles. The lowest BCUT2D eigenvalue weighted by atomic mass is 9.66. The van der Waals surface area contributed by atoms with Crippen LogP contribution in [0.1, 0.15) is 61.0 Å². The van der Waals surface area contributed by atoms with Crippen LogP contribution in [0, 0.1) is 5.41 Å². The number of aryl methyl sites for hydroxylation is 1. The first kappa shape index (κ1) is 18.3. The summed E-state index contributed by atoms with van der Waals surface area (Å²) in [6.45, 7) is 1.87. The first-order valence-electron chi connectivity index (χ1n) is 9.62. The molecule has 2 aromatic rings. The monoisotopic (exact) mass is 377 g/mol. The van der Waals surface area contributed by atoms with Crippen LogP contribution in [0.4, 0.5) is 8.78 Å². The zero-order valence-corrected chi connectivity index (χ0v) is 15.5. The molecule has 3 heterocycles. The van der Waals surface area contributed by atoms with Gasteiger partial charge in [0.25, 0.3) is 12.3 Å². The summed E-state index contributed by atoms with van der Waals surface area (Å²) < 4.78 is 28.7. The molecule has 2 aliphatic rings. The van der Waals surface area contributed by atoms with E-state index in [2.05, 4.69) is 20.7 Å². The molecule has 0 radical (unpaired) electrons. The number of carbonyl (C=O) groups excluding carboxylic acids is 1. The number of piperidine rings is 1. The second-order valence-electron chi connectivity index (χ2n) is 7.81. The highest BCUT2D eigenvalue weighted by Gasteiger charge is 2.42. The van der Waals surface area contributed by atoms with Gasteiger partial charge in [-0.05, 0) is 38.3 Å². The summed E-state index contributed by atoms with van der Waals surface area (Å²) >= 11 is 0. The molecule has 8 heteroatoms. The molecule has 1 aliphatic heterocycles. The van der Waals surface area contributed by atoms with Gasteiger partial charge in [-0.3, -0.25) is 9.48 Å². The lowest BCUT2D eigenvalue weighted by Gasteiger charge is -2.47. The van der Waals surface area contributed by atoms with E-state index in [0.717, 1.165) is 51.6 Å². The summed E-state index contributed by atoms with van der Waals surface area (Å²) in [7, 11) is 1.71. The molecule has 2 aromatic heterocycles. The zero-order chi connectivity index (χ0) is 19.0. The molecule has 146 valence electrons. The maximum atomic E-state index is 13.6. The molecule has 2 unspecified atom stereocenters. The van der Waals surface area contributed by atoms with Gasteiger partial charge in [0, 0.05) is 25.0 Å². The normalized spacial score (nSPS) is 26.0. The average Bonchev–Trinajstić information content (AvgIpc) is 3.03. The van der Waals surface area contributed by atoms with Gasteiger partial charge in [-0.15, -0.1) is 0 Å². The minimum absolute atomic E-state index is 0.000642. The maximum Gasteiger partial charge on any atom is 0.281 e. The quantitative estimate of drug-likeness (QED) is 0.863. The number of rotatable bonds is 3. The Kier molecular flexibility index (Phi) is 4.84. The standard InChI is InChI=1S/C19H25F2N5O/c1-26-14-9-12(16(17(20)21)24-13(14)10-23-26)18(27)25-15-5-2-3-6-19(15)7-4-8-22-11-19/h9-10,15,17,22H,2-8,11H2,1H3,(H,25,27). The number of nitrogens with zero attached hydrogens (tertiary/aromatic N) is 3. The number of hydrogen-bond donors (Lipinski definition) is 2. The third kappa shape index (κ3) is 3.31. The molecule has 2 atom stereocenters. The van der Waals surface area contributed by atoms with Gasteiger partial charge in [0.1, 0.15) is 11.2 Å². The first-order valence-corrected chi connectivity index (χ1v) is 9.62. The number of halogens is 2. The smallest absolute Gasteiger partial charge is 0.281 e. The van der Waals surface area contributed by atoms with Gasteiger partial charge < -0.3 is 10.6 Å². The van der Waals surface area contributed by atoms with E-state index in [0.29, 0.717) is 11.0 Å². The lowest BCUT2D eigenvalue weighted by Crippen LogP contribution is -2.56. The Labute approximate surface area is 156 Å². The summed E-state index contributed by atoms with van der Waals surface area (Å²) in [6.07, 6.45) is 4.92. The van der Waals surface area contributed by atoms with Crippen LogP contribution in [0.15, 0.2) is 12.3 Å². The molecule has 0 bridgehead atoms. The summed E-state index contributed by atoms with van der Waals surface area (Å²) in [6, 6.07) is 1.49. The van der Waals surface area contributed by atoms with Gasteiger partial charge in [0.2, 0.25) is 0 Å². The van der Waals surface area contributed by atoms with Crippen molar-refractivity contribution in [3.8, 4) is 0 Å². The van der Waals surface area contributed by atoms with Crippen LogP contribution in [-0.2, 0) is 7.05 Å². The van der Waals surface area contributed by atoms with E-state index in [1.54, 1.807) is 11.7 Å². The summed E-state index contributed by atoms with van der Waals surface area (Å²) in [5.74, 6) is -0.460. The topological polar surface area (TPSA) is 71.8 Å². The predicted octanol–water partition coefficient (Wildman–Crippen LogP) is 2.95. The zero-order valence-electron chi connectivity index (χ0n) is 15.5. The van der Waals surface area contributed by atoms with Crippen molar-refractivity contribution in [2.24, 2.45) is 12.5 Å². The van der Waals surface area contributed by atoms with E-state index in [1.807, 2.05) is 0 Å². The van der Waals surface area contributed by atoms with E-state index < -0.39 is 18.0 Å². The van der Waals surface area contributed by atoms with E-state index in [-0.39, 0.29) is 17.0 Å². The fraction of sp³-hybridized carbons (Fsp3) is 0.632. The molecule has 2 fully saturated rings. The van der Waals surface area contributed by atoms with Crippen LogP contribution in [0.25, 0.3) is 11.0 Å². The van der Waals surface area contributed by atoms with Crippen molar-refractivity contribution in [3.05, 3.63) is 23.5 Å². The number of amides is 1. The van der Waals surface area contributed by atoms with Crippen LogP contribution >= 0.6 is 0 Å². The van der Waals surface area contributed by atoms with Crippen molar-refractivity contribution >= 4 is 16.9 Å². The second-order valence-corrected chi connectivity index (χ2v) is 7.81. The largest absolute Gasteiger partial charge is 0.349 e. The second kappa shape index (κ2) is 7.14. The van der Waals surface area contributed by atoms with Gasteiger partial charge in [0.05, 0.1) is 17.3 Å².